The number of carbonyl (C=O) groups excluding carboxylic acids is 2. The van der Waals surface area contributed by atoms with Gasteiger partial charge in [-0.15, -0.1) is 0 Å². The number of amides is 2. The molecule has 128 valence electrons. The number of aliphatic imine (C=N–C) groups is 1. The van der Waals surface area contributed by atoms with E-state index >= 15 is 0 Å². The lowest BCUT2D eigenvalue weighted by atomic mass is 10.2. The zero-order chi connectivity index (χ0) is 17.1. The Morgan fingerprint density at radius 2 is 2.08 bits per heavy atom. The highest BCUT2D eigenvalue weighted by atomic mass is 32.2. The van der Waals surface area contributed by atoms with Gasteiger partial charge >= 0.3 is 0 Å². The van der Waals surface area contributed by atoms with Crippen LogP contribution in [0.4, 0.5) is 5.69 Å². The number of thioether (sulfide) groups is 1. The first-order valence-electron chi connectivity index (χ1n) is 8.11. The number of nitrogens with one attached hydrogen (secondary N) is 1. The maximum atomic E-state index is 12.2. The molecular formula is C17H21N3O3S. The van der Waals surface area contributed by atoms with Crippen LogP contribution in [0.3, 0.4) is 0 Å². The summed E-state index contributed by atoms with van der Waals surface area (Å²) in [6, 6.07) is 7.69. The smallest absolute Gasteiger partial charge is 0.262 e. The Kier molecular flexibility index (Phi) is 5.08. The molecule has 1 fully saturated rings. The van der Waals surface area contributed by atoms with Crippen LogP contribution >= 0.6 is 11.8 Å². The Morgan fingerprint density at radius 1 is 1.38 bits per heavy atom. The van der Waals surface area contributed by atoms with Gasteiger partial charge in [0.2, 0.25) is 5.91 Å². The van der Waals surface area contributed by atoms with Crippen LogP contribution in [0.1, 0.15) is 26.2 Å². The van der Waals surface area contributed by atoms with Gasteiger partial charge in [0.1, 0.15) is 11.0 Å². The number of hydrogen-bond acceptors (Lipinski definition) is 5. The van der Waals surface area contributed by atoms with Gasteiger partial charge in [0.05, 0.1) is 6.61 Å². The lowest BCUT2D eigenvalue weighted by molar-refractivity contribution is -0.121. The average Bonchev–Trinajstić information content (AvgIpc) is 3.34. The van der Waals surface area contributed by atoms with Crippen LogP contribution in [0.15, 0.2) is 29.3 Å². The van der Waals surface area contributed by atoms with Gasteiger partial charge in [-0.2, -0.15) is 4.99 Å². The lowest BCUT2D eigenvalue weighted by Crippen LogP contribution is -2.26. The molecule has 0 radical (unpaired) electrons. The Balaban J connectivity index is 1.51. The van der Waals surface area contributed by atoms with Crippen LogP contribution in [0.25, 0.3) is 0 Å². The van der Waals surface area contributed by atoms with Crippen LogP contribution in [0, 0.1) is 0 Å². The highest BCUT2D eigenvalue weighted by Crippen LogP contribution is 2.33. The highest BCUT2D eigenvalue weighted by Gasteiger charge is 2.36. The monoisotopic (exact) mass is 347 g/mol. The zero-order valence-corrected chi connectivity index (χ0v) is 14.6. The molecule has 2 amide bonds. The number of amidine groups is 1. The average molecular weight is 347 g/mol. The number of anilines is 1. The van der Waals surface area contributed by atoms with E-state index in [0.29, 0.717) is 18.3 Å². The third-order valence-corrected chi connectivity index (χ3v) is 5.19. The Bertz CT molecular complexity index is 656. The molecule has 1 aromatic carbocycles. The normalized spacial score (nSPS) is 19.8. The van der Waals surface area contributed by atoms with Gasteiger partial charge in [-0.25, -0.2) is 0 Å². The molecule has 1 aromatic rings. The Morgan fingerprint density at radius 3 is 2.71 bits per heavy atom. The fourth-order valence-corrected chi connectivity index (χ4v) is 3.56. The summed E-state index contributed by atoms with van der Waals surface area (Å²) < 4.78 is 5.37. The predicted octanol–water partition coefficient (Wildman–Crippen LogP) is 2.51. The summed E-state index contributed by atoms with van der Waals surface area (Å²) in [5.74, 6) is 0.359. The van der Waals surface area contributed by atoms with Crippen molar-refractivity contribution in [1.29, 1.82) is 0 Å². The van der Waals surface area contributed by atoms with Crippen LogP contribution < -0.4 is 10.1 Å². The van der Waals surface area contributed by atoms with E-state index in [4.69, 9.17) is 4.74 Å². The van der Waals surface area contributed by atoms with Crippen molar-refractivity contribution in [2.75, 3.05) is 19.0 Å². The molecule has 0 bridgehead atoms. The van der Waals surface area contributed by atoms with Gasteiger partial charge in [0.25, 0.3) is 5.91 Å². The van der Waals surface area contributed by atoms with E-state index in [1.54, 1.807) is 24.3 Å². The summed E-state index contributed by atoms with van der Waals surface area (Å²) in [5.41, 5.74) is 0.690. The standard InChI is InChI=1S/C17H21N3O3S/c1-3-23-13-8-4-11(5-9-13)18-15(21)10-14-16(22)19-17(24-14)20(2)12-6-7-12/h4-5,8-9,12,14H,3,6-7,10H2,1-2H3,(H,18,21). The summed E-state index contributed by atoms with van der Waals surface area (Å²) in [5, 5.41) is 3.12. The number of nitrogens with zero attached hydrogens (tertiary/aromatic N) is 2. The highest BCUT2D eigenvalue weighted by molar-refractivity contribution is 8.15. The van der Waals surface area contributed by atoms with Gasteiger partial charge in [-0.05, 0) is 44.0 Å². The molecule has 7 heteroatoms. The number of rotatable bonds is 6. The van der Waals surface area contributed by atoms with Crippen LogP contribution in [-0.4, -0.2) is 46.8 Å². The fourth-order valence-electron chi connectivity index (χ4n) is 2.46. The van der Waals surface area contributed by atoms with Crippen molar-refractivity contribution in [2.45, 2.75) is 37.5 Å². The van der Waals surface area contributed by atoms with E-state index < -0.39 is 5.25 Å². The first kappa shape index (κ1) is 16.8. The molecule has 6 nitrogen and oxygen atoms in total. The molecule has 1 aliphatic carbocycles. The molecule has 3 rings (SSSR count). The van der Waals surface area contributed by atoms with E-state index in [9.17, 15) is 9.59 Å². The van der Waals surface area contributed by atoms with Crippen LogP contribution in [0.2, 0.25) is 0 Å². The maximum absolute atomic E-state index is 12.2. The van der Waals surface area contributed by atoms with Crippen molar-refractivity contribution >= 4 is 34.4 Å². The molecule has 1 unspecified atom stereocenters. The first-order chi connectivity index (χ1) is 11.6. The topological polar surface area (TPSA) is 71.0 Å². The second kappa shape index (κ2) is 7.25. The SMILES string of the molecule is CCOc1ccc(NC(=O)CC2SC(N(C)C3CC3)=NC2=O)cc1. The number of ether oxygens (including phenoxy) is 1. The molecule has 1 N–H and O–H groups in total. The van der Waals surface area contributed by atoms with Crippen molar-refractivity contribution in [3.63, 3.8) is 0 Å². The molecule has 0 aromatic heterocycles. The molecule has 24 heavy (non-hydrogen) atoms. The minimum Gasteiger partial charge on any atom is -0.494 e. The fraction of sp³-hybridized carbons (Fsp3) is 0.471. The third kappa shape index (κ3) is 4.08. The number of carbonyl (C=O) groups is 2. The summed E-state index contributed by atoms with van der Waals surface area (Å²) in [6.07, 6.45) is 2.42. The van der Waals surface area contributed by atoms with Gasteiger partial charge in [0.15, 0.2) is 5.17 Å². The number of benzene rings is 1. The first-order valence-corrected chi connectivity index (χ1v) is 8.99. The second-order valence-electron chi connectivity index (χ2n) is 5.89. The van der Waals surface area contributed by atoms with E-state index in [2.05, 4.69) is 10.3 Å². The second-order valence-corrected chi connectivity index (χ2v) is 7.06. The largest absolute Gasteiger partial charge is 0.494 e. The molecule has 2 aliphatic rings. The van der Waals surface area contributed by atoms with Crippen LogP contribution in [0.5, 0.6) is 5.75 Å². The summed E-state index contributed by atoms with van der Waals surface area (Å²) in [6.45, 7) is 2.52. The molecule has 1 heterocycles. The van der Waals surface area contributed by atoms with Crippen molar-refractivity contribution < 1.29 is 14.3 Å². The van der Waals surface area contributed by atoms with Gasteiger partial charge in [-0.3, -0.25) is 9.59 Å². The quantitative estimate of drug-likeness (QED) is 0.856. The molecular weight excluding hydrogens is 326 g/mol. The van der Waals surface area contributed by atoms with Crippen molar-refractivity contribution in [3.8, 4) is 5.75 Å². The van der Waals surface area contributed by atoms with Gasteiger partial charge in [0, 0.05) is 25.2 Å². The summed E-state index contributed by atoms with van der Waals surface area (Å²) >= 11 is 1.39. The van der Waals surface area contributed by atoms with Crippen molar-refractivity contribution in [2.24, 2.45) is 4.99 Å². The van der Waals surface area contributed by atoms with E-state index in [1.165, 1.54) is 11.8 Å². The third-order valence-electron chi connectivity index (χ3n) is 3.95. The predicted molar refractivity (Wildman–Crippen MR) is 95.5 cm³/mol. The van der Waals surface area contributed by atoms with E-state index in [1.807, 2.05) is 18.9 Å². The summed E-state index contributed by atoms with van der Waals surface area (Å²) in [7, 11) is 1.96. The van der Waals surface area contributed by atoms with Crippen molar-refractivity contribution in [3.05, 3.63) is 24.3 Å². The maximum Gasteiger partial charge on any atom is 0.262 e. The van der Waals surface area contributed by atoms with E-state index in [0.717, 1.165) is 23.8 Å². The Labute approximate surface area is 145 Å². The summed E-state index contributed by atoms with van der Waals surface area (Å²) in [4.78, 5) is 30.3. The van der Waals surface area contributed by atoms with Gasteiger partial charge in [-0.1, -0.05) is 11.8 Å². The Hall–Kier alpha value is -2.02. The van der Waals surface area contributed by atoms with Crippen LogP contribution in [-0.2, 0) is 9.59 Å². The molecule has 1 saturated carbocycles. The zero-order valence-electron chi connectivity index (χ0n) is 13.8. The molecule has 0 spiro atoms. The lowest BCUT2D eigenvalue weighted by Gasteiger charge is -2.17. The van der Waals surface area contributed by atoms with Crippen molar-refractivity contribution in [1.82, 2.24) is 4.90 Å². The molecule has 0 saturated heterocycles. The minimum atomic E-state index is -0.427. The van der Waals surface area contributed by atoms with E-state index in [-0.39, 0.29) is 18.2 Å². The van der Waals surface area contributed by atoms with Gasteiger partial charge < -0.3 is 15.0 Å². The number of hydrogen-bond donors (Lipinski definition) is 1. The molecule has 1 atom stereocenters. The molecule has 1 aliphatic heterocycles. The minimum absolute atomic E-state index is 0.127.